The lowest BCUT2D eigenvalue weighted by atomic mass is 10.2. The number of para-hydroxylation sites is 1. The third-order valence-electron chi connectivity index (χ3n) is 5.20. The highest BCUT2D eigenvalue weighted by Crippen LogP contribution is 2.30. The van der Waals surface area contributed by atoms with E-state index in [-0.39, 0.29) is 5.91 Å². The largest absolute Gasteiger partial charge is 0.497 e. The molecule has 1 aromatic heterocycles. The second kappa shape index (κ2) is 9.80. The van der Waals surface area contributed by atoms with Crippen LogP contribution in [0.5, 0.6) is 5.75 Å². The van der Waals surface area contributed by atoms with E-state index >= 15 is 0 Å². The summed E-state index contributed by atoms with van der Waals surface area (Å²) < 4.78 is 7.45. The van der Waals surface area contributed by atoms with Crippen LogP contribution in [0.25, 0.3) is 17.1 Å². The molecule has 4 rings (SSSR count). The third-order valence-corrected chi connectivity index (χ3v) is 6.22. The number of likely N-dealkylation sites (tertiary alicyclic amines) is 1. The molecular formula is C23H26N4O2S. The van der Waals surface area contributed by atoms with Gasteiger partial charge in [0.2, 0.25) is 5.91 Å². The maximum Gasteiger partial charge on any atom is 0.222 e. The molecule has 156 valence electrons. The maximum absolute atomic E-state index is 12.3. The van der Waals surface area contributed by atoms with Crippen LogP contribution in [-0.2, 0) is 4.79 Å². The van der Waals surface area contributed by atoms with Crippen LogP contribution in [0.2, 0.25) is 0 Å². The summed E-state index contributed by atoms with van der Waals surface area (Å²) in [5, 5.41) is 9.76. The first-order valence-corrected chi connectivity index (χ1v) is 11.3. The molecule has 0 unspecified atom stereocenters. The molecule has 2 heterocycles. The third kappa shape index (κ3) is 4.67. The van der Waals surface area contributed by atoms with Crippen molar-refractivity contribution in [1.82, 2.24) is 19.7 Å². The Kier molecular flexibility index (Phi) is 6.69. The Morgan fingerprint density at radius 3 is 2.63 bits per heavy atom. The minimum atomic E-state index is 0.273. The van der Waals surface area contributed by atoms with Crippen LogP contribution in [0, 0.1) is 0 Å². The van der Waals surface area contributed by atoms with E-state index < -0.39 is 0 Å². The van der Waals surface area contributed by atoms with Crippen molar-refractivity contribution < 1.29 is 9.53 Å². The molecule has 0 saturated carbocycles. The van der Waals surface area contributed by atoms with E-state index in [2.05, 4.69) is 14.8 Å². The summed E-state index contributed by atoms with van der Waals surface area (Å²) in [7, 11) is 1.66. The Balaban J connectivity index is 1.51. The average molecular weight is 423 g/mol. The van der Waals surface area contributed by atoms with E-state index in [1.165, 1.54) is 0 Å². The summed E-state index contributed by atoms with van der Waals surface area (Å²) in [5.41, 5.74) is 1.96. The van der Waals surface area contributed by atoms with Gasteiger partial charge in [-0.1, -0.05) is 42.1 Å². The van der Waals surface area contributed by atoms with Gasteiger partial charge < -0.3 is 9.64 Å². The van der Waals surface area contributed by atoms with Crippen molar-refractivity contribution in [3.05, 3.63) is 54.6 Å². The summed E-state index contributed by atoms with van der Waals surface area (Å²) in [5.74, 6) is 2.65. The predicted molar refractivity (Wildman–Crippen MR) is 119 cm³/mol. The first-order valence-electron chi connectivity index (χ1n) is 10.3. The molecule has 1 saturated heterocycles. The van der Waals surface area contributed by atoms with Gasteiger partial charge in [-0.3, -0.25) is 9.36 Å². The number of benzene rings is 2. The normalized spacial score (nSPS) is 13.6. The van der Waals surface area contributed by atoms with Gasteiger partial charge >= 0.3 is 0 Å². The molecule has 3 aromatic rings. The van der Waals surface area contributed by atoms with Crippen LogP contribution in [-0.4, -0.2) is 51.5 Å². The van der Waals surface area contributed by atoms with Crippen LogP contribution in [0.15, 0.2) is 59.8 Å². The average Bonchev–Trinajstić information content (AvgIpc) is 3.47. The molecule has 1 amide bonds. The molecule has 0 atom stereocenters. The van der Waals surface area contributed by atoms with Gasteiger partial charge in [0.1, 0.15) is 5.75 Å². The number of rotatable bonds is 8. The summed E-state index contributed by atoms with van der Waals surface area (Å²) in [6.45, 7) is 1.83. The van der Waals surface area contributed by atoms with Gasteiger partial charge in [0.25, 0.3) is 0 Å². The molecule has 6 nitrogen and oxygen atoms in total. The zero-order valence-electron chi connectivity index (χ0n) is 17.2. The van der Waals surface area contributed by atoms with Crippen molar-refractivity contribution >= 4 is 17.7 Å². The SMILES string of the molecule is COc1cccc(-c2nnc(SCCCC(=O)N3CCCC3)n2-c2ccccc2)c1. The van der Waals surface area contributed by atoms with Crippen molar-refractivity contribution in [2.45, 2.75) is 30.8 Å². The topological polar surface area (TPSA) is 60.3 Å². The number of methoxy groups -OCH3 is 1. The Hall–Kier alpha value is -2.80. The zero-order chi connectivity index (χ0) is 20.8. The van der Waals surface area contributed by atoms with E-state index in [9.17, 15) is 4.79 Å². The van der Waals surface area contributed by atoms with Gasteiger partial charge in [-0.05, 0) is 43.5 Å². The minimum Gasteiger partial charge on any atom is -0.497 e. The van der Waals surface area contributed by atoms with Gasteiger partial charge in [0, 0.05) is 36.5 Å². The van der Waals surface area contributed by atoms with Crippen molar-refractivity contribution in [2.75, 3.05) is 26.0 Å². The first kappa shape index (κ1) is 20.5. The monoisotopic (exact) mass is 422 g/mol. The second-order valence-corrected chi connectivity index (χ2v) is 8.31. The number of amides is 1. The molecule has 7 heteroatoms. The summed E-state index contributed by atoms with van der Waals surface area (Å²) >= 11 is 1.64. The van der Waals surface area contributed by atoms with Gasteiger partial charge in [0.15, 0.2) is 11.0 Å². The predicted octanol–water partition coefficient (Wildman–Crippen LogP) is 4.44. The number of hydrogen-bond donors (Lipinski definition) is 0. The maximum atomic E-state index is 12.3. The van der Waals surface area contributed by atoms with Gasteiger partial charge in [-0.25, -0.2) is 0 Å². The van der Waals surface area contributed by atoms with Crippen LogP contribution >= 0.6 is 11.8 Å². The number of carbonyl (C=O) groups excluding carboxylic acids is 1. The fourth-order valence-corrected chi connectivity index (χ4v) is 4.52. The van der Waals surface area contributed by atoms with E-state index in [1.54, 1.807) is 18.9 Å². The lowest BCUT2D eigenvalue weighted by molar-refractivity contribution is -0.130. The van der Waals surface area contributed by atoms with Crippen molar-refractivity contribution in [3.8, 4) is 22.8 Å². The van der Waals surface area contributed by atoms with Crippen LogP contribution in [0.4, 0.5) is 0 Å². The fraction of sp³-hybridized carbons (Fsp3) is 0.348. The molecule has 0 bridgehead atoms. The highest BCUT2D eigenvalue weighted by atomic mass is 32.2. The standard InChI is InChI=1S/C23H26N4O2S/c1-29-20-12-7-9-18(17-20)22-24-25-23(27(22)19-10-3-2-4-11-19)30-16-8-13-21(28)26-14-5-6-15-26/h2-4,7,9-12,17H,5-6,8,13-16H2,1H3. The molecule has 1 aliphatic rings. The highest BCUT2D eigenvalue weighted by molar-refractivity contribution is 7.99. The molecule has 1 aliphatic heterocycles. The van der Waals surface area contributed by atoms with Gasteiger partial charge in [-0.2, -0.15) is 0 Å². The molecule has 0 N–H and O–H groups in total. The summed E-state index contributed by atoms with van der Waals surface area (Å²) in [6.07, 6.45) is 3.69. The van der Waals surface area contributed by atoms with Crippen molar-refractivity contribution in [3.63, 3.8) is 0 Å². The Morgan fingerprint density at radius 2 is 1.87 bits per heavy atom. The van der Waals surface area contributed by atoms with E-state index in [0.717, 1.165) is 66.1 Å². The molecule has 2 aromatic carbocycles. The van der Waals surface area contributed by atoms with Crippen molar-refractivity contribution in [1.29, 1.82) is 0 Å². The van der Waals surface area contributed by atoms with Crippen molar-refractivity contribution in [2.24, 2.45) is 0 Å². The smallest absolute Gasteiger partial charge is 0.222 e. The number of carbonyl (C=O) groups is 1. The van der Waals surface area contributed by atoms with E-state index in [4.69, 9.17) is 4.74 Å². The first-order chi connectivity index (χ1) is 14.8. The zero-order valence-corrected chi connectivity index (χ0v) is 18.0. The number of nitrogens with zero attached hydrogens (tertiary/aromatic N) is 4. The second-order valence-electron chi connectivity index (χ2n) is 7.25. The molecule has 0 radical (unpaired) electrons. The quantitative estimate of drug-likeness (QED) is 0.397. The number of aromatic nitrogens is 3. The number of ether oxygens (including phenoxy) is 1. The van der Waals surface area contributed by atoms with Gasteiger partial charge in [-0.15, -0.1) is 10.2 Å². The Bertz CT molecular complexity index is 984. The number of thioether (sulfide) groups is 1. The molecule has 1 fully saturated rings. The molecular weight excluding hydrogens is 396 g/mol. The lowest BCUT2D eigenvalue weighted by Gasteiger charge is -2.14. The Labute approximate surface area is 181 Å². The van der Waals surface area contributed by atoms with Crippen LogP contribution < -0.4 is 4.74 Å². The van der Waals surface area contributed by atoms with Crippen LogP contribution in [0.1, 0.15) is 25.7 Å². The minimum absolute atomic E-state index is 0.273. The van der Waals surface area contributed by atoms with E-state index in [1.807, 2.05) is 59.5 Å². The van der Waals surface area contributed by atoms with E-state index in [0.29, 0.717) is 6.42 Å². The van der Waals surface area contributed by atoms with Crippen LogP contribution in [0.3, 0.4) is 0 Å². The Morgan fingerprint density at radius 1 is 1.07 bits per heavy atom. The fourth-order valence-electron chi connectivity index (χ4n) is 3.63. The molecule has 30 heavy (non-hydrogen) atoms. The molecule has 0 aliphatic carbocycles. The number of hydrogen-bond acceptors (Lipinski definition) is 5. The highest BCUT2D eigenvalue weighted by Gasteiger charge is 2.19. The summed E-state index contributed by atoms with van der Waals surface area (Å²) in [4.78, 5) is 14.3. The molecule has 0 spiro atoms. The lowest BCUT2D eigenvalue weighted by Crippen LogP contribution is -2.27. The van der Waals surface area contributed by atoms with Gasteiger partial charge in [0.05, 0.1) is 7.11 Å². The summed E-state index contributed by atoms with van der Waals surface area (Å²) in [6, 6.07) is 18.0.